The van der Waals surface area contributed by atoms with Crippen LogP contribution < -0.4 is 4.90 Å². The maximum atomic E-state index is 13.1. The first kappa shape index (κ1) is 15.5. The molecular weight excluding hydrogens is 341 g/mol. The number of nitrogens with zero attached hydrogens (tertiary/aromatic N) is 2. The maximum absolute atomic E-state index is 13.1. The Morgan fingerprint density at radius 1 is 1.50 bits per heavy atom. The van der Waals surface area contributed by atoms with E-state index < -0.39 is 17.8 Å². The van der Waals surface area contributed by atoms with Gasteiger partial charge in [0.15, 0.2) is 0 Å². The lowest BCUT2D eigenvalue weighted by atomic mass is 10.1. The molecule has 1 aliphatic heterocycles. The molecule has 1 aromatic heterocycles. The van der Waals surface area contributed by atoms with Crippen LogP contribution in [0.1, 0.15) is 12.5 Å². The molecule has 0 saturated carbocycles. The molecule has 2 rings (SSSR count). The van der Waals surface area contributed by atoms with Crippen molar-refractivity contribution in [3.05, 3.63) is 22.3 Å². The van der Waals surface area contributed by atoms with Crippen LogP contribution in [0.15, 0.2) is 16.7 Å². The van der Waals surface area contributed by atoms with Crippen LogP contribution in [-0.4, -0.2) is 42.0 Å². The number of hydrogen-bond acceptors (Lipinski definition) is 4. The van der Waals surface area contributed by atoms with E-state index in [1.54, 1.807) is 6.92 Å². The predicted molar refractivity (Wildman–Crippen MR) is 70.6 cm³/mol. The molecule has 0 aliphatic carbocycles. The second-order valence-corrected chi connectivity index (χ2v) is 5.59. The van der Waals surface area contributed by atoms with E-state index >= 15 is 0 Å². The Kier molecular flexibility index (Phi) is 4.55. The lowest BCUT2D eigenvalue weighted by Gasteiger charge is -2.37. The van der Waals surface area contributed by atoms with Gasteiger partial charge in [0.2, 0.25) is 0 Å². The summed E-state index contributed by atoms with van der Waals surface area (Å²) in [6, 6.07) is 1.01. The first-order valence-electron chi connectivity index (χ1n) is 6.05. The van der Waals surface area contributed by atoms with Crippen molar-refractivity contribution in [1.82, 2.24) is 4.98 Å². The van der Waals surface area contributed by atoms with Crippen molar-refractivity contribution in [1.29, 1.82) is 0 Å². The summed E-state index contributed by atoms with van der Waals surface area (Å²) in [7, 11) is 0. The molecule has 8 heteroatoms. The number of anilines is 1. The highest BCUT2D eigenvalue weighted by atomic mass is 79.9. The van der Waals surface area contributed by atoms with Gasteiger partial charge in [0.25, 0.3) is 0 Å². The van der Waals surface area contributed by atoms with E-state index in [1.807, 2.05) is 0 Å². The molecule has 0 spiro atoms. The number of pyridine rings is 1. The third kappa shape index (κ3) is 3.42. The summed E-state index contributed by atoms with van der Waals surface area (Å²) in [5, 5.41) is 9.14. The second kappa shape index (κ2) is 5.87. The second-order valence-electron chi connectivity index (χ2n) is 4.68. The van der Waals surface area contributed by atoms with Gasteiger partial charge >= 0.3 is 6.18 Å². The van der Waals surface area contributed by atoms with Crippen LogP contribution in [0.2, 0.25) is 0 Å². The fraction of sp³-hybridized carbons (Fsp3) is 0.583. The van der Waals surface area contributed by atoms with Gasteiger partial charge in [-0.15, -0.1) is 0 Å². The van der Waals surface area contributed by atoms with Gasteiger partial charge in [0.05, 0.1) is 24.4 Å². The largest absolute Gasteiger partial charge is 0.419 e. The number of ether oxygens (including phenoxy) is 1. The molecule has 2 heterocycles. The molecule has 0 radical (unpaired) electrons. The van der Waals surface area contributed by atoms with E-state index in [-0.39, 0.29) is 29.5 Å². The van der Waals surface area contributed by atoms with Crippen molar-refractivity contribution in [2.24, 2.45) is 0 Å². The number of rotatable bonds is 2. The molecule has 4 nitrogen and oxygen atoms in total. The highest BCUT2D eigenvalue weighted by Gasteiger charge is 2.38. The standard InChI is InChI=1S/C12H14BrF3N2O2/c1-7-4-18(5-9(6-19)20-7)11-10(12(14,15)16)2-8(13)3-17-11/h2-3,7,9,19H,4-6H2,1H3. The number of aromatic nitrogens is 1. The number of aliphatic hydroxyl groups excluding tert-OH is 1. The number of alkyl halides is 3. The minimum atomic E-state index is -4.48. The first-order chi connectivity index (χ1) is 9.31. The fourth-order valence-electron chi connectivity index (χ4n) is 2.21. The molecule has 1 aliphatic rings. The van der Waals surface area contributed by atoms with Crippen LogP contribution >= 0.6 is 15.9 Å². The van der Waals surface area contributed by atoms with Gasteiger partial charge < -0.3 is 14.7 Å². The van der Waals surface area contributed by atoms with Crippen LogP contribution in [-0.2, 0) is 10.9 Å². The third-order valence-corrected chi connectivity index (χ3v) is 3.40. The Bertz CT molecular complexity index is 484. The number of hydrogen-bond donors (Lipinski definition) is 1. The predicted octanol–water partition coefficient (Wildman–Crippen LogP) is 2.45. The molecular formula is C12H14BrF3N2O2. The Balaban J connectivity index is 2.36. The van der Waals surface area contributed by atoms with Crippen LogP contribution in [0, 0.1) is 0 Å². The van der Waals surface area contributed by atoms with E-state index in [9.17, 15) is 13.2 Å². The Morgan fingerprint density at radius 2 is 2.20 bits per heavy atom. The minimum Gasteiger partial charge on any atom is -0.394 e. The lowest BCUT2D eigenvalue weighted by Crippen LogP contribution is -2.48. The zero-order chi connectivity index (χ0) is 14.9. The van der Waals surface area contributed by atoms with Gasteiger partial charge in [-0.25, -0.2) is 4.98 Å². The molecule has 1 aromatic rings. The topological polar surface area (TPSA) is 45.6 Å². The SMILES string of the molecule is CC1CN(c2ncc(Br)cc2C(F)(F)F)CC(CO)O1. The molecule has 0 aromatic carbocycles. The molecule has 1 fully saturated rings. The van der Waals surface area contributed by atoms with E-state index in [0.29, 0.717) is 6.54 Å². The molecule has 1 saturated heterocycles. The molecule has 2 unspecified atom stereocenters. The van der Waals surface area contributed by atoms with E-state index in [4.69, 9.17) is 9.84 Å². The van der Waals surface area contributed by atoms with Gasteiger partial charge in [0, 0.05) is 23.8 Å². The zero-order valence-electron chi connectivity index (χ0n) is 10.7. The smallest absolute Gasteiger partial charge is 0.394 e. The van der Waals surface area contributed by atoms with Crippen molar-refractivity contribution in [2.45, 2.75) is 25.3 Å². The summed E-state index contributed by atoms with van der Waals surface area (Å²) in [4.78, 5) is 5.40. The van der Waals surface area contributed by atoms with Crippen molar-refractivity contribution >= 4 is 21.7 Å². The summed E-state index contributed by atoms with van der Waals surface area (Å²) >= 11 is 3.00. The lowest BCUT2D eigenvalue weighted by molar-refractivity contribution is -0.137. The van der Waals surface area contributed by atoms with Gasteiger partial charge in [-0.05, 0) is 28.9 Å². The van der Waals surface area contributed by atoms with Crippen LogP contribution in [0.25, 0.3) is 0 Å². The zero-order valence-corrected chi connectivity index (χ0v) is 12.3. The average Bonchev–Trinajstić information content (AvgIpc) is 2.36. The summed E-state index contributed by atoms with van der Waals surface area (Å²) in [6.07, 6.45) is -3.93. The van der Waals surface area contributed by atoms with E-state index in [0.717, 1.165) is 6.07 Å². The van der Waals surface area contributed by atoms with Crippen molar-refractivity contribution in [3.8, 4) is 0 Å². The van der Waals surface area contributed by atoms with E-state index in [2.05, 4.69) is 20.9 Å². The summed E-state index contributed by atoms with van der Waals surface area (Å²) in [5.74, 6) is -0.130. The molecule has 0 amide bonds. The highest BCUT2D eigenvalue weighted by molar-refractivity contribution is 9.10. The normalized spacial score (nSPS) is 24.0. The van der Waals surface area contributed by atoms with Gasteiger partial charge in [0.1, 0.15) is 5.82 Å². The van der Waals surface area contributed by atoms with Crippen molar-refractivity contribution in [2.75, 3.05) is 24.6 Å². The average molecular weight is 355 g/mol. The minimum absolute atomic E-state index is 0.130. The fourth-order valence-corrected chi connectivity index (χ4v) is 2.54. The van der Waals surface area contributed by atoms with E-state index in [1.165, 1.54) is 11.1 Å². The Morgan fingerprint density at radius 3 is 2.80 bits per heavy atom. The third-order valence-electron chi connectivity index (χ3n) is 2.97. The molecule has 112 valence electrons. The quantitative estimate of drug-likeness (QED) is 0.885. The Hall–Kier alpha value is -0.860. The first-order valence-corrected chi connectivity index (χ1v) is 6.84. The van der Waals surface area contributed by atoms with Crippen LogP contribution in [0.4, 0.5) is 19.0 Å². The highest BCUT2D eigenvalue weighted by Crippen LogP contribution is 2.37. The molecule has 1 N–H and O–H groups in total. The maximum Gasteiger partial charge on any atom is 0.419 e. The van der Waals surface area contributed by atoms with Crippen LogP contribution in [0.3, 0.4) is 0 Å². The van der Waals surface area contributed by atoms with Gasteiger partial charge in [-0.3, -0.25) is 0 Å². The molecule has 2 atom stereocenters. The van der Waals surface area contributed by atoms with Crippen molar-refractivity contribution in [3.63, 3.8) is 0 Å². The number of halogens is 4. The van der Waals surface area contributed by atoms with Gasteiger partial charge in [-0.2, -0.15) is 13.2 Å². The summed E-state index contributed by atoms with van der Waals surface area (Å²) in [6.45, 7) is 1.99. The molecule has 0 bridgehead atoms. The number of morpholine rings is 1. The van der Waals surface area contributed by atoms with Crippen LogP contribution in [0.5, 0.6) is 0 Å². The van der Waals surface area contributed by atoms with Crippen molar-refractivity contribution < 1.29 is 23.0 Å². The Labute approximate surface area is 122 Å². The monoisotopic (exact) mass is 354 g/mol. The molecule has 20 heavy (non-hydrogen) atoms. The summed E-state index contributed by atoms with van der Waals surface area (Å²) < 4.78 is 45.0. The van der Waals surface area contributed by atoms with Gasteiger partial charge in [-0.1, -0.05) is 0 Å². The summed E-state index contributed by atoms with van der Waals surface area (Å²) in [5.41, 5.74) is -0.794. The number of aliphatic hydroxyl groups is 1.